The molecule has 0 fully saturated rings. The summed E-state index contributed by atoms with van der Waals surface area (Å²) < 4.78 is 0. The first-order valence-corrected chi connectivity index (χ1v) is 4.90. The number of aromatic nitrogens is 1. The van der Waals surface area contributed by atoms with Gasteiger partial charge in [0.05, 0.1) is 12.1 Å². The second-order valence-electron chi connectivity index (χ2n) is 3.08. The molecule has 16 heavy (non-hydrogen) atoms. The van der Waals surface area contributed by atoms with Crippen molar-refractivity contribution in [1.29, 1.82) is 0 Å². The van der Waals surface area contributed by atoms with Crippen LogP contribution in [-0.2, 0) is 4.79 Å². The van der Waals surface area contributed by atoms with Gasteiger partial charge >= 0.3 is 0 Å². The molecule has 1 rings (SSSR count). The van der Waals surface area contributed by atoms with Crippen LogP contribution in [0.3, 0.4) is 0 Å². The lowest BCUT2D eigenvalue weighted by atomic mass is 10.2. The number of nitrogens with one attached hydrogen (secondary N) is 2. The molecule has 0 unspecified atom stereocenters. The molecule has 0 aliphatic carbocycles. The Morgan fingerprint density at radius 1 is 1.50 bits per heavy atom. The minimum atomic E-state index is -0.581. The number of anilines is 1. The van der Waals surface area contributed by atoms with Gasteiger partial charge in [0.2, 0.25) is 5.91 Å². The lowest BCUT2D eigenvalue weighted by Crippen LogP contribution is -2.33. The van der Waals surface area contributed by atoms with Crippen molar-refractivity contribution in [2.24, 2.45) is 5.73 Å². The lowest BCUT2D eigenvalue weighted by molar-refractivity contribution is -0.117. The van der Waals surface area contributed by atoms with E-state index in [0.29, 0.717) is 17.9 Å². The maximum atomic E-state index is 11.6. The van der Waals surface area contributed by atoms with Crippen molar-refractivity contribution in [2.45, 2.75) is 6.92 Å². The van der Waals surface area contributed by atoms with E-state index in [1.807, 2.05) is 6.92 Å². The minimum Gasteiger partial charge on any atom is -0.370 e. The molecule has 1 aromatic heterocycles. The van der Waals surface area contributed by atoms with Crippen molar-refractivity contribution >= 4 is 17.6 Å². The third-order valence-electron chi connectivity index (χ3n) is 1.82. The van der Waals surface area contributed by atoms with E-state index < -0.39 is 5.91 Å². The van der Waals surface area contributed by atoms with E-state index in [2.05, 4.69) is 15.6 Å². The molecule has 6 nitrogen and oxygen atoms in total. The summed E-state index contributed by atoms with van der Waals surface area (Å²) in [5, 5.41) is 5.36. The van der Waals surface area contributed by atoms with Crippen molar-refractivity contribution in [1.82, 2.24) is 10.3 Å². The van der Waals surface area contributed by atoms with Gasteiger partial charge in [0.1, 0.15) is 5.82 Å². The first kappa shape index (κ1) is 12.0. The third kappa shape index (κ3) is 3.23. The van der Waals surface area contributed by atoms with Gasteiger partial charge in [0.15, 0.2) is 0 Å². The average molecular weight is 222 g/mol. The molecule has 1 heterocycles. The Hall–Kier alpha value is -2.11. The molecule has 86 valence electrons. The lowest BCUT2D eigenvalue weighted by Gasteiger charge is -2.08. The van der Waals surface area contributed by atoms with Gasteiger partial charge in [-0.3, -0.25) is 9.59 Å². The molecule has 1 aromatic rings. The van der Waals surface area contributed by atoms with E-state index in [0.717, 1.165) is 0 Å². The van der Waals surface area contributed by atoms with Gasteiger partial charge < -0.3 is 16.4 Å². The molecule has 0 aromatic carbocycles. The fourth-order valence-corrected chi connectivity index (χ4v) is 1.16. The minimum absolute atomic E-state index is 0.181. The number of amides is 2. The molecule has 0 spiro atoms. The van der Waals surface area contributed by atoms with Crippen LogP contribution in [0.2, 0.25) is 0 Å². The highest BCUT2D eigenvalue weighted by molar-refractivity contribution is 6.00. The zero-order valence-electron chi connectivity index (χ0n) is 8.99. The van der Waals surface area contributed by atoms with Gasteiger partial charge in [-0.25, -0.2) is 4.98 Å². The number of hydrogen-bond acceptors (Lipinski definition) is 4. The van der Waals surface area contributed by atoms with Gasteiger partial charge in [0.25, 0.3) is 5.91 Å². The van der Waals surface area contributed by atoms with Gasteiger partial charge in [-0.15, -0.1) is 0 Å². The Morgan fingerprint density at radius 3 is 2.88 bits per heavy atom. The topological polar surface area (TPSA) is 97.1 Å². The Labute approximate surface area is 93.2 Å². The fourth-order valence-electron chi connectivity index (χ4n) is 1.16. The number of pyridine rings is 1. The van der Waals surface area contributed by atoms with E-state index in [1.165, 1.54) is 0 Å². The summed E-state index contributed by atoms with van der Waals surface area (Å²) in [4.78, 5) is 26.2. The normalized spacial score (nSPS) is 9.56. The van der Waals surface area contributed by atoms with Crippen LogP contribution >= 0.6 is 0 Å². The summed E-state index contributed by atoms with van der Waals surface area (Å²) in [5.74, 6) is -0.461. The number of rotatable bonds is 5. The number of nitrogens with two attached hydrogens (primary N) is 1. The summed E-state index contributed by atoms with van der Waals surface area (Å²) in [5.41, 5.74) is 5.32. The second-order valence-corrected chi connectivity index (χ2v) is 3.08. The van der Waals surface area contributed by atoms with Crippen molar-refractivity contribution in [3.05, 3.63) is 23.9 Å². The van der Waals surface area contributed by atoms with E-state index in [9.17, 15) is 9.59 Å². The largest absolute Gasteiger partial charge is 0.370 e. The number of carbonyl (C=O) groups is 2. The molecule has 2 amide bonds. The van der Waals surface area contributed by atoms with Crippen LogP contribution in [0.25, 0.3) is 0 Å². The van der Waals surface area contributed by atoms with E-state index in [-0.39, 0.29) is 12.5 Å². The number of primary amides is 1. The van der Waals surface area contributed by atoms with Crippen LogP contribution in [0.4, 0.5) is 5.82 Å². The third-order valence-corrected chi connectivity index (χ3v) is 1.82. The smallest absolute Gasteiger partial charge is 0.255 e. The van der Waals surface area contributed by atoms with Crippen LogP contribution in [0.5, 0.6) is 0 Å². The van der Waals surface area contributed by atoms with Crippen LogP contribution in [0, 0.1) is 0 Å². The standard InChI is InChI=1S/C10H14N4O2/c1-2-12-9-7(4-3-5-13-9)10(16)14-6-8(11)15/h3-5H,2,6H2,1H3,(H2,11,15)(H,12,13)(H,14,16). The van der Waals surface area contributed by atoms with E-state index >= 15 is 0 Å². The van der Waals surface area contributed by atoms with Crippen molar-refractivity contribution < 1.29 is 9.59 Å². The van der Waals surface area contributed by atoms with E-state index in [1.54, 1.807) is 18.3 Å². The van der Waals surface area contributed by atoms with Gasteiger partial charge in [0, 0.05) is 12.7 Å². The molecule has 0 radical (unpaired) electrons. The highest BCUT2D eigenvalue weighted by atomic mass is 16.2. The summed E-state index contributed by atoms with van der Waals surface area (Å²) in [6.07, 6.45) is 1.59. The molecule has 0 saturated carbocycles. The number of nitrogens with zero attached hydrogens (tertiary/aromatic N) is 1. The molecule has 0 saturated heterocycles. The average Bonchev–Trinajstić information content (AvgIpc) is 2.27. The predicted octanol–water partition coefficient (Wildman–Crippen LogP) is -0.272. The Kier molecular flexibility index (Phi) is 4.26. The molecule has 0 aliphatic rings. The quantitative estimate of drug-likeness (QED) is 0.638. The number of hydrogen-bond donors (Lipinski definition) is 3. The molecule has 6 heteroatoms. The van der Waals surface area contributed by atoms with Crippen molar-refractivity contribution in [3.8, 4) is 0 Å². The van der Waals surface area contributed by atoms with Crippen LogP contribution in [0.15, 0.2) is 18.3 Å². The SMILES string of the molecule is CCNc1ncccc1C(=O)NCC(N)=O. The summed E-state index contributed by atoms with van der Waals surface area (Å²) in [7, 11) is 0. The Balaban J connectivity index is 2.77. The molecule has 4 N–H and O–H groups in total. The van der Waals surface area contributed by atoms with E-state index in [4.69, 9.17) is 5.73 Å². The van der Waals surface area contributed by atoms with Gasteiger partial charge in [-0.05, 0) is 19.1 Å². The first-order chi connectivity index (χ1) is 7.65. The monoisotopic (exact) mass is 222 g/mol. The highest BCUT2D eigenvalue weighted by Crippen LogP contribution is 2.10. The second kappa shape index (κ2) is 5.69. The summed E-state index contributed by atoms with van der Waals surface area (Å²) >= 11 is 0. The van der Waals surface area contributed by atoms with Gasteiger partial charge in [-0.1, -0.05) is 0 Å². The highest BCUT2D eigenvalue weighted by Gasteiger charge is 2.11. The number of carbonyl (C=O) groups excluding carboxylic acids is 2. The summed E-state index contributed by atoms with van der Waals surface area (Å²) in [6.45, 7) is 2.38. The maximum absolute atomic E-state index is 11.6. The van der Waals surface area contributed by atoms with Crippen LogP contribution < -0.4 is 16.4 Å². The Morgan fingerprint density at radius 2 is 2.25 bits per heavy atom. The Bertz CT molecular complexity index is 392. The first-order valence-electron chi connectivity index (χ1n) is 4.90. The molecule has 0 atom stereocenters. The van der Waals surface area contributed by atoms with Gasteiger partial charge in [-0.2, -0.15) is 0 Å². The zero-order chi connectivity index (χ0) is 12.0. The van der Waals surface area contributed by atoms with Crippen molar-refractivity contribution in [3.63, 3.8) is 0 Å². The molecule has 0 aliphatic heterocycles. The molecule has 0 bridgehead atoms. The predicted molar refractivity (Wildman–Crippen MR) is 59.9 cm³/mol. The zero-order valence-corrected chi connectivity index (χ0v) is 8.99. The fraction of sp³-hybridized carbons (Fsp3) is 0.300. The van der Waals surface area contributed by atoms with Crippen LogP contribution in [0.1, 0.15) is 17.3 Å². The molecular formula is C10H14N4O2. The maximum Gasteiger partial charge on any atom is 0.255 e. The summed E-state index contributed by atoms with van der Waals surface area (Å²) in [6, 6.07) is 3.28. The molecular weight excluding hydrogens is 208 g/mol. The van der Waals surface area contributed by atoms with Crippen LogP contribution in [-0.4, -0.2) is 29.9 Å². The van der Waals surface area contributed by atoms with Crippen molar-refractivity contribution in [2.75, 3.05) is 18.4 Å².